The number of carbonyl (C=O) groups is 1. The third-order valence-corrected chi connectivity index (χ3v) is 5.62. The Labute approximate surface area is 152 Å². The molecule has 2 aromatic rings. The van der Waals surface area contributed by atoms with Crippen molar-refractivity contribution in [1.29, 1.82) is 0 Å². The number of rotatable bonds is 3. The van der Waals surface area contributed by atoms with Crippen LogP contribution in [-0.2, 0) is 16.0 Å². The van der Waals surface area contributed by atoms with Crippen LogP contribution in [-0.4, -0.2) is 37.1 Å². The van der Waals surface area contributed by atoms with Crippen LogP contribution in [0.1, 0.15) is 18.4 Å². The fourth-order valence-corrected chi connectivity index (χ4v) is 3.92. The number of amides is 1. The lowest BCUT2D eigenvalue weighted by atomic mass is 9.73. The van der Waals surface area contributed by atoms with Crippen molar-refractivity contribution < 1.29 is 13.9 Å². The molecule has 2 heterocycles. The molecule has 0 atom stereocenters. The fourth-order valence-electron chi connectivity index (χ4n) is 3.92. The molecule has 26 heavy (non-hydrogen) atoms. The molecule has 0 bridgehead atoms. The third kappa shape index (κ3) is 3.31. The van der Waals surface area contributed by atoms with Crippen LogP contribution in [0.2, 0.25) is 0 Å². The Morgan fingerprint density at radius 3 is 2.42 bits per heavy atom. The SMILES string of the molecule is Nc1ccc(-c2ccc(F)cc2)cc1CC(=O)N1CC2(CCOCC2)C1. The molecule has 0 aliphatic carbocycles. The Kier molecular flexibility index (Phi) is 4.41. The highest BCUT2D eigenvalue weighted by atomic mass is 19.1. The van der Waals surface area contributed by atoms with Gasteiger partial charge in [-0.2, -0.15) is 0 Å². The van der Waals surface area contributed by atoms with Crippen molar-refractivity contribution in [2.45, 2.75) is 19.3 Å². The molecule has 1 amide bonds. The molecule has 0 radical (unpaired) electrons. The predicted molar refractivity (Wildman–Crippen MR) is 99.0 cm³/mol. The molecule has 0 saturated carbocycles. The molecule has 5 heteroatoms. The van der Waals surface area contributed by atoms with E-state index in [1.165, 1.54) is 12.1 Å². The first-order chi connectivity index (χ1) is 12.5. The maximum absolute atomic E-state index is 13.1. The van der Waals surface area contributed by atoms with E-state index in [2.05, 4.69) is 0 Å². The lowest BCUT2D eigenvalue weighted by Crippen LogP contribution is -2.60. The normalized spacial score (nSPS) is 18.6. The molecule has 0 aromatic heterocycles. The number of ether oxygens (including phenoxy) is 1. The van der Waals surface area contributed by atoms with E-state index in [9.17, 15) is 9.18 Å². The highest BCUT2D eigenvalue weighted by Gasteiger charge is 2.45. The lowest BCUT2D eigenvalue weighted by Gasteiger charge is -2.52. The summed E-state index contributed by atoms with van der Waals surface area (Å²) in [6.07, 6.45) is 2.38. The molecule has 2 aliphatic rings. The second kappa shape index (κ2) is 6.72. The van der Waals surface area contributed by atoms with Crippen LogP contribution in [0, 0.1) is 11.2 Å². The van der Waals surface area contributed by atoms with Gasteiger partial charge in [-0.05, 0) is 53.8 Å². The van der Waals surface area contributed by atoms with Crippen molar-refractivity contribution in [3.8, 4) is 11.1 Å². The molecule has 2 fully saturated rings. The monoisotopic (exact) mass is 354 g/mol. The summed E-state index contributed by atoms with van der Waals surface area (Å²) in [7, 11) is 0. The number of nitrogen functional groups attached to an aromatic ring is 1. The molecule has 1 spiro atoms. The molecule has 136 valence electrons. The van der Waals surface area contributed by atoms with Crippen molar-refractivity contribution in [2.75, 3.05) is 32.0 Å². The summed E-state index contributed by atoms with van der Waals surface area (Å²) in [6, 6.07) is 12.0. The van der Waals surface area contributed by atoms with E-state index in [1.807, 2.05) is 23.1 Å². The average molecular weight is 354 g/mol. The first-order valence-corrected chi connectivity index (χ1v) is 9.05. The second-order valence-electron chi connectivity index (χ2n) is 7.46. The molecule has 2 aliphatic heterocycles. The summed E-state index contributed by atoms with van der Waals surface area (Å²) < 4.78 is 18.6. The van der Waals surface area contributed by atoms with Gasteiger partial charge in [0.05, 0.1) is 6.42 Å². The van der Waals surface area contributed by atoms with Crippen LogP contribution < -0.4 is 5.73 Å². The van der Waals surface area contributed by atoms with Gasteiger partial charge in [-0.1, -0.05) is 18.2 Å². The molecular formula is C21H23FN2O2. The van der Waals surface area contributed by atoms with Crippen LogP contribution >= 0.6 is 0 Å². The van der Waals surface area contributed by atoms with E-state index in [4.69, 9.17) is 10.5 Å². The van der Waals surface area contributed by atoms with Crippen LogP contribution in [0.3, 0.4) is 0 Å². The smallest absolute Gasteiger partial charge is 0.227 e. The Balaban J connectivity index is 1.45. The second-order valence-corrected chi connectivity index (χ2v) is 7.46. The van der Waals surface area contributed by atoms with Gasteiger partial charge in [0.15, 0.2) is 0 Å². The van der Waals surface area contributed by atoms with Crippen molar-refractivity contribution in [3.05, 3.63) is 53.8 Å². The predicted octanol–water partition coefficient (Wildman–Crippen LogP) is 3.26. The topological polar surface area (TPSA) is 55.6 Å². The number of benzene rings is 2. The van der Waals surface area contributed by atoms with Crippen LogP contribution in [0.4, 0.5) is 10.1 Å². The van der Waals surface area contributed by atoms with Crippen molar-refractivity contribution >= 4 is 11.6 Å². The number of carbonyl (C=O) groups excluding carboxylic acids is 1. The van der Waals surface area contributed by atoms with Crippen molar-refractivity contribution in [2.24, 2.45) is 5.41 Å². The van der Waals surface area contributed by atoms with E-state index < -0.39 is 0 Å². The Morgan fingerprint density at radius 2 is 1.73 bits per heavy atom. The number of nitrogens with zero attached hydrogens (tertiary/aromatic N) is 1. The van der Waals surface area contributed by atoms with E-state index >= 15 is 0 Å². The van der Waals surface area contributed by atoms with Gasteiger partial charge in [-0.3, -0.25) is 4.79 Å². The van der Waals surface area contributed by atoms with E-state index in [1.54, 1.807) is 12.1 Å². The molecule has 2 saturated heterocycles. The molecule has 4 rings (SSSR count). The Hall–Kier alpha value is -2.40. The third-order valence-electron chi connectivity index (χ3n) is 5.62. The quantitative estimate of drug-likeness (QED) is 0.861. The van der Waals surface area contributed by atoms with Gasteiger partial charge in [0.2, 0.25) is 5.91 Å². The largest absolute Gasteiger partial charge is 0.398 e. The number of anilines is 1. The zero-order chi connectivity index (χ0) is 18.1. The van der Waals surface area contributed by atoms with Crippen molar-refractivity contribution in [1.82, 2.24) is 4.90 Å². The maximum Gasteiger partial charge on any atom is 0.227 e. The zero-order valence-electron chi connectivity index (χ0n) is 14.7. The molecule has 2 N–H and O–H groups in total. The lowest BCUT2D eigenvalue weighted by molar-refractivity contribution is -0.149. The van der Waals surface area contributed by atoms with Crippen LogP contribution in [0.25, 0.3) is 11.1 Å². The van der Waals surface area contributed by atoms with Crippen molar-refractivity contribution in [3.63, 3.8) is 0 Å². The summed E-state index contributed by atoms with van der Waals surface area (Å²) in [5, 5.41) is 0. The molecule has 0 unspecified atom stereocenters. The Morgan fingerprint density at radius 1 is 1.08 bits per heavy atom. The number of hydrogen-bond donors (Lipinski definition) is 1. The molecule has 2 aromatic carbocycles. The Bertz CT molecular complexity index is 805. The van der Waals surface area contributed by atoms with Crippen LogP contribution in [0.5, 0.6) is 0 Å². The highest BCUT2D eigenvalue weighted by molar-refractivity contribution is 5.82. The summed E-state index contributed by atoms with van der Waals surface area (Å²) in [6.45, 7) is 3.25. The van der Waals surface area contributed by atoms with Gasteiger partial charge in [0, 0.05) is 37.4 Å². The first-order valence-electron chi connectivity index (χ1n) is 9.05. The minimum atomic E-state index is -0.264. The summed E-state index contributed by atoms with van der Waals surface area (Å²) in [4.78, 5) is 14.6. The number of hydrogen-bond acceptors (Lipinski definition) is 3. The fraction of sp³-hybridized carbons (Fsp3) is 0.381. The van der Waals surface area contributed by atoms with E-state index in [0.29, 0.717) is 12.1 Å². The van der Waals surface area contributed by atoms with Gasteiger partial charge in [-0.15, -0.1) is 0 Å². The molecule has 4 nitrogen and oxygen atoms in total. The summed E-state index contributed by atoms with van der Waals surface area (Å²) in [5.74, 6) is -0.149. The van der Waals surface area contributed by atoms with Gasteiger partial charge in [0.1, 0.15) is 5.82 Å². The average Bonchev–Trinajstić information content (AvgIpc) is 2.63. The van der Waals surface area contributed by atoms with Gasteiger partial charge >= 0.3 is 0 Å². The number of likely N-dealkylation sites (tertiary alicyclic amines) is 1. The van der Waals surface area contributed by atoms with Crippen LogP contribution in [0.15, 0.2) is 42.5 Å². The molecular weight excluding hydrogens is 331 g/mol. The number of nitrogens with two attached hydrogens (primary N) is 1. The van der Waals surface area contributed by atoms with Gasteiger partial charge in [-0.25, -0.2) is 4.39 Å². The summed E-state index contributed by atoms with van der Waals surface area (Å²) in [5.41, 5.74) is 9.65. The first kappa shape index (κ1) is 17.0. The van der Waals surface area contributed by atoms with E-state index in [-0.39, 0.29) is 17.1 Å². The van der Waals surface area contributed by atoms with Gasteiger partial charge < -0.3 is 15.4 Å². The standard InChI is InChI=1S/C21H23FN2O2/c22-18-4-1-15(2-5-18)16-3-6-19(23)17(11-16)12-20(25)24-13-21(14-24)7-9-26-10-8-21/h1-6,11H,7-10,12-14,23H2. The van der Waals surface area contributed by atoms with Gasteiger partial charge in [0.25, 0.3) is 0 Å². The number of halogens is 1. The maximum atomic E-state index is 13.1. The summed E-state index contributed by atoms with van der Waals surface area (Å²) >= 11 is 0. The highest BCUT2D eigenvalue weighted by Crippen LogP contribution is 2.40. The van der Waals surface area contributed by atoms with E-state index in [0.717, 1.165) is 55.8 Å². The zero-order valence-corrected chi connectivity index (χ0v) is 14.7. The minimum Gasteiger partial charge on any atom is -0.398 e. The minimum absolute atomic E-state index is 0.116.